The van der Waals surface area contributed by atoms with Crippen LogP contribution in [0.5, 0.6) is 0 Å². The molecule has 1 aromatic heterocycles. The van der Waals surface area contributed by atoms with Gasteiger partial charge < -0.3 is 5.32 Å². The highest BCUT2D eigenvalue weighted by Crippen LogP contribution is 2.25. The van der Waals surface area contributed by atoms with Crippen LogP contribution in [0.4, 0.5) is 0 Å². The Morgan fingerprint density at radius 1 is 1.37 bits per heavy atom. The lowest BCUT2D eigenvalue weighted by Crippen LogP contribution is -2.23. The molecule has 0 saturated carbocycles. The van der Waals surface area contributed by atoms with Gasteiger partial charge in [0, 0.05) is 18.3 Å². The first-order chi connectivity index (χ1) is 9.11. The minimum absolute atomic E-state index is 0.0965. The smallest absolute Gasteiger partial charge is 0.0839 e. The minimum Gasteiger partial charge on any atom is -0.305 e. The van der Waals surface area contributed by atoms with Crippen molar-refractivity contribution in [2.24, 2.45) is 7.05 Å². The molecule has 0 bridgehead atoms. The number of aryl methyl sites for hydroxylation is 2. The summed E-state index contributed by atoms with van der Waals surface area (Å²) in [5.74, 6) is 0. The van der Waals surface area contributed by atoms with Crippen LogP contribution in [0.15, 0.2) is 30.5 Å². The van der Waals surface area contributed by atoms with E-state index in [2.05, 4.69) is 29.5 Å². The Morgan fingerprint density at radius 2 is 2.16 bits per heavy atom. The fourth-order valence-electron chi connectivity index (χ4n) is 2.06. The second-order valence-corrected chi connectivity index (χ2v) is 5.22. The molecule has 2 aromatic rings. The van der Waals surface area contributed by atoms with Crippen molar-refractivity contribution in [2.45, 2.75) is 26.3 Å². The normalized spacial score (nSPS) is 12.6. The maximum atomic E-state index is 6.23. The van der Waals surface area contributed by atoms with E-state index < -0.39 is 0 Å². The molecule has 102 valence electrons. The number of hydrogen-bond donors (Lipinski definition) is 1. The molecule has 1 unspecified atom stereocenters. The highest BCUT2D eigenvalue weighted by Gasteiger charge is 2.16. The molecule has 1 atom stereocenters. The number of rotatable bonds is 5. The van der Waals surface area contributed by atoms with E-state index in [1.165, 1.54) is 0 Å². The van der Waals surface area contributed by atoms with E-state index in [1.807, 2.05) is 37.0 Å². The summed E-state index contributed by atoms with van der Waals surface area (Å²) in [6.07, 6.45) is 3.05. The molecule has 0 saturated heterocycles. The average Bonchev–Trinajstić information content (AvgIpc) is 2.80. The Hall–Kier alpha value is -1.32. The predicted molar refractivity (Wildman–Crippen MR) is 79.5 cm³/mol. The van der Waals surface area contributed by atoms with E-state index in [0.717, 1.165) is 34.8 Å². The summed E-state index contributed by atoms with van der Waals surface area (Å²) in [4.78, 5) is 0. The van der Waals surface area contributed by atoms with Gasteiger partial charge in [-0.2, -0.15) is 5.10 Å². The number of nitrogens with one attached hydrogen (secondary N) is 1. The van der Waals surface area contributed by atoms with Crippen LogP contribution in [0.1, 0.15) is 36.2 Å². The summed E-state index contributed by atoms with van der Waals surface area (Å²) >= 11 is 6.23. The standard InChI is InChI=1S/C15H20ClN3/c1-4-8-17-15(14-7-9-19(3)18-14)12-6-5-11(2)13(16)10-12/h5-7,9-10,15,17H,4,8H2,1-3H3. The molecular weight excluding hydrogens is 258 g/mol. The Kier molecular flexibility index (Phi) is 4.61. The van der Waals surface area contributed by atoms with Gasteiger partial charge in [-0.15, -0.1) is 0 Å². The molecule has 0 spiro atoms. The predicted octanol–water partition coefficient (Wildman–Crippen LogP) is 3.47. The van der Waals surface area contributed by atoms with Crippen LogP contribution in [0.25, 0.3) is 0 Å². The van der Waals surface area contributed by atoms with Gasteiger partial charge in [-0.25, -0.2) is 0 Å². The molecule has 3 nitrogen and oxygen atoms in total. The highest BCUT2D eigenvalue weighted by atomic mass is 35.5. The summed E-state index contributed by atoms with van der Waals surface area (Å²) in [5.41, 5.74) is 3.28. The van der Waals surface area contributed by atoms with Crippen LogP contribution in [0.2, 0.25) is 5.02 Å². The third-order valence-corrected chi connectivity index (χ3v) is 3.56. The summed E-state index contributed by atoms with van der Waals surface area (Å²) in [7, 11) is 1.93. The molecule has 0 aliphatic carbocycles. The maximum Gasteiger partial charge on any atom is 0.0839 e. The quantitative estimate of drug-likeness (QED) is 0.907. The lowest BCUT2D eigenvalue weighted by molar-refractivity contribution is 0.575. The number of hydrogen-bond acceptors (Lipinski definition) is 2. The van der Waals surface area contributed by atoms with E-state index >= 15 is 0 Å². The van der Waals surface area contributed by atoms with Crippen LogP contribution in [0, 0.1) is 6.92 Å². The van der Waals surface area contributed by atoms with E-state index in [1.54, 1.807) is 0 Å². The average molecular weight is 278 g/mol. The van der Waals surface area contributed by atoms with Crippen molar-refractivity contribution < 1.29 is 0 Å². The molecule has 1 aromatic carbocycles. The lowest BCUT2D eigenvalue weighted by atomic mass is 10.0. The second kappa shape index (κ2) is 6.22. The Bertz CT molecular complexity index is 548. The second-order valence-electron chi connectivity index (χ2n) is 4.81. The number of benzene rings is 1. The fraction of sp³-hybridized carbons (Fsp3) is 0.400. The molecule has 0 amide bonds. The van der Waals surface area contributed by atoms with Crippen LogP contribution in [-0.2, 0) is 7.05 Å². The molecular formula is C15H20ClN3. The minimum atomic E-state index is 0.0965. The first kappa shape index (κ1) is 14.1. The van der Waals surface area contributed by atoms with Crippen LogP contribution in [-0.4, -0.2) is 16.3 Å². The monoisotopic (exact) mass is 277 g/mol. The van der Waals surface area contributed by atoms with E-state index in [-0.39, 0.29) is 6.04 Å². The van der Waals surface area contributed by atoms with Gasteiger partial charge in [0.25, 0.3) is 0 Å². The Labute approximate surface area is 119 Å². The van der Waals surface area contributed by atoms with Gasteiger partial charge >= 0.3 is 0 Å². The number of nitrogens with zero attached hydrogens (tertiary/aromatic N) is 2. The molecule has 0 radical (unpaired) electrons. The maximum absolute atomic E-state index is 6.23. The Morgan fingerprint density at radius 3 is 2.74 bits per heavy atom. The lowest BCUT2D eigenvalue weighted by Gasteiger charge is -2.17. The van der Waals surface area contributed by atoms with Crippen molar-refractivity contribution in [1.29, 1.82) is 0 Å². The van der Waals surface area contributed by atoms with Crippen molar-refractivity contribution in [3.63, 3.8) is 0 Å². The van der Waals surface area contributed by atoms with E-state index in [4.69, 9.17) is 11.6 Å². The largest absolute Gasteiger partial charge is 0.305 e. The summed E-state index contributed by atoms with van der Waals surface area (Å²) in [6, 6.07) is 8.34. The zero-order valence-corrected chi connectivity index (χ0v) is 12.4. The topological polar surface area (TPSA) is 29.9 Å². The van der Waals surface area contributed by atoms with E-state index in [9.17, 15) is 0 Å². The SMILES string of the molecule is CCCNC(c1ccc(C)c(Cl)c1)c1ccn(C)n1. The van der Waals surface area contributed by atoms with Gasteiger partial charge in [-0.3, -0.25) is 4.68 Å². The highest BCUT2D eigenvalue weighted by molar-refractivity contribution is 6.31. The molecule has 19 heavy (non-hydrogen) atoms. The first-order valence-electron chi connectivity index (χ1n) is 6.60. The van der Waals surface area contributed by atoms with Crippen molar-refractivity contribution in [3.8, 4) is 0 Å². The molecule has 1 heterocycles. The van der Waals surface area contributed by atoms with Crippen LogP contribution < -0.4 is 5.32 Å². The molecule has 0 aliphatic heterocycles. The molecule has 0 aliphatic rings. The molecule has 1 N–H and O–H groups in total. The summed E-state index contributed by atoms with van der Waals surface area (Å²) in [5, 5.41) is 8.83. The van der Waals surface area contributed by atoms with Gasteiger partial charge in [0.1, 0.15) is 0 Å². The van der Waals surface area contributed by atoms with Crippen LogP contribution >= 0.6 is 11.6 Å². The van der Waals surface area contributed by atoms with Gasteiger partial charge in [-0.05, 0) is 43.1 Å². The molecule has 4 heteroatoms. The summed E-state index contributed by atoms with van der Waals surface area (Å²) in [6.45, 7) is 5.12. The van der Waals surface area contributed by atoms with Crippen molar-refractivity contribution >= 4 is 11.6 Å². The number of halogens is 1. The first-order valence-corrected chi connectivity index (χ1v) is 6.98. The van der Waals surface area contributed by atoms with Crippen LogP contribution in [0.3, 0.4) is 0 Å². The Balaban J connectivity index is 2.33. The van der Waals surface area contributed by atoms with Gasteiger partial charge in [0.15, 0.2) is 0 Å². The van der Waals surface area contributed by atoms with Crippen molar-refractivity contribution in [1.82, 2.24) is 15.1 Å². The van der Waals surface area contributed by atoms with Crippen molar-refractivity contribution in [3.05, 3.63) is 52.3 Å². The third-order valence-electron chi connectivity index (χ3n) is 3.16. The van der Waals surface area contributed by atoms with Gasteiger partial charge in [-0.1, -0.05) is 30.7 Å². The van der Waals surface area contributed by atoms with Crippen molar-refractivity contribution in [2.75, 3.05) is 6.54 Å². The van der Waals surface area contributed by atoms with E-state index in [0.29, 0.717) is 0 Å². The third kappa shape index (κ3) is 3.37. The molecule has 0 fully saturated rings. The number of aromatic nitrogens is 2. The van der Waals surface area contributed by atoms with Gasteiger partial charge in [0.2, 0.25) is 0 Å². The molecule has 2 rings (SSSR count). The zero-order chi connectivity index (χ0) is 13.8. The zero-order valence-electron chi connectivity index (χ0n) is 11.7. The summed E-state index contributed by atoms with van der Waals surface area (Å²) < 4.78 is 1.83. The van der Waals surface area contributed by atoms with Gasteiger partial charge in [0.05, 0.1) is 11.7 Å². The fourth-order valence-corrected chi connectivity index (χ4v) is 2.25.